The molecule has 2 amide bonds. The monoisotopic (exact) mass is 489 g/mol. The molecule has 6 nitrogen and oxygen atoms in total. The number of hydrazone groups is 1. The van der Waals surface area contributed by atoms with Gasteiger partial charge in [0.1, 0.15) is 6.04 Å². The summed E-state index contributed by atoms with van der Waals surface area (Å²) in [5.74, 6) is -2.70. The van der Waals surface area contributed by atoms with Gasteiger partial charge >= 0.3 is 0 Å². The first-order valence-corrected chi connectivity index (χ1v) is 11.6. The molecule has 4 unspecified atom stereocenters. The molecular formula is C26H17Cl2N3O3. The molecule has 3 aliphatic rings. The fraction of sp³-hybridized carbons (Fsp3) is 0.154. The van der Waals surface area contributed by atoms with Crippen LogP contribution in [-0.2, 0) is 9.59 Å². The third kappa shape index (κ3) is 3.02. The Morgan fingerprint density at radius 2 is 1.56 bits per heavy atom. The van der Waals surface area contributed by atoms with Crippen LogP contribution in [0.25, 0.3) is 0 Å². The summed E-state index contributed by atoms with van der Waals surface area (Å²) in [5, 5.41) is 7.12. The van der Waals surface area contributed by atoms with Crippen molar-refractivity contribution in [2.24, 2.45) is 16.9 Å². The van der Waals surface area contributed by atoms with Crippen LogP contribution in [0.1, 0.15) is 27.5 Å². The van der Waals surface area contributed by atoms with Crippen LogP contribution < -0.4 is 4.90 Å². The molecule has 0 saturated carbocycles. The summed E-state index contributed by atoms with van der Waals surface area (Å²) < 4.78 is 0. The lowest BCUT2D eigenvalue weighted by atomic mass is 9.83. The van der Waals surface area contributed by atoms with Crippen LogP contribution in [0.15, 0.2) is 77.9 Å². The second-order valence-electron chi connectivity index (χ2n) is 8.56. The molecule has 0 N–H and O–H groups in total. The molecule has 0 spiro atoms. The van der Waals surface area contributed by atoms with Gasteiger partial charge in [0.05, 0.1) is 29.8 Å². The Bertz CT molecular complexity index is 1390. The minimum absolute atomic E-state index is 0.278. The van der Waals surface area contributed by atoms with Crippen LogP contribution in [0.2, 0.25) is 10.0 Å². The van der Waals surface area contributed by atoms with Crippen LogP contribution in [0.5, 0.6) is 0 Å². The van der Waals surface area contributed by atoms with Crippen LogP contribution in [-0.4, -0.2) is 34.9 Å². The van der Waals surface area contributed by atoms with E-state index in [4.69, 9.17) is 23.2 Å². The molecule has 3 heterocycles. The number of carbonyl (C=O) groups is 3. The van der Waals surface area contributed by atoms with Gasteiger partial charge in [-0.2, -0.15) is 5.10 Å². The Balaban J connectivity index is 1.50. The molecule has 3 aromatic carbocycles. The fourth-order valence-corrected chi connectivity index (χ4v) is 5.63. The van der Waals surface area contributed by atoms with Crippen LogP contribution in [0.3, 0.4) is 0 Å². The third-order valence-electron chi connectivity index (χ3n) is 6.76. The van der Waals surface area contributed by atoms with E-state index in [0.29, 0.717) is 21.3 Å². The van der Waals surface area contributed by atoms with Crippen molar-refractivity contribution in [3.05, 3.63) is 99.5 Å². The number of benzene rings is 3. The molecule has 0 aromatic heterocycles. The Morgan fingerprint density at radius 1 is 0.824 bits per heavy atom. The number of halogens is 2. The molecule has 2 fully saturated rings. The lowest BCUT2D eigenvalue weighted by molar-refractivity contribution is -0.124. The zero-order chi connectivity index (χ0) is 23.6. The van der Waals surface area contributed by atoms with Gasteiger partial charge in [-0.25, -0.2) is 4.90 Å². The molecule has 34 heavy (non-hydrogen) atoms. The Hall–Kier alpha value is -3.48. The largest absolute Gasteiger partial charge is 0.292 e. The number of hydrogen-bond donors (Lipinski definition) is 0. The predicted molar refractivity (Wildman–Crippen MR) is 129 cm³/mol. The predicted octanol–water partition coefficient (Wildman–Crippen LogP) is 4.75. The maximum Gasteiger partial charge on any atom is 0.240 e. The summed E-state index contributed by atoms with van der Waals surface area (Å²) in [7, 11) is 0. The average Bonchev–Trinajstić information content (AvgIpc) is 3.31. The first kappa shape index (κ1) is 21.1. The summed E-state index contributed by atoms with van der Waals surface area (Å²) in [6, 6.07) is 19.3. The Kier molecular flexibility index (Phi) is 4.83. The van der Waals surface area contributed by atoms with E-state index in [2.05, 4.69) is 5.10 Å². The van der Waals surface area contributed by atoms with Crippen molar-refractivity contribution >= 4 is 52.7 Å². The van der Waals surface area contributed by atoms with Gasteiger partial charge in [0, 0.05) is 15.6 Å². The molecular weight excluding hydrogens is 473 g/mol. The highest BCUT2D eigenvalue weighted by Gasteiger charge is 2.65. The number of hydrogen-bond acceptors (Lipinski definition) is 5. The van der Waals surface area contributed by atoms with Gasteiger partial charge in [0.2, 0.25) is 11.8 Å². The van der Waals surface area contributed by atoms with Gasteiger partial charge in [0.25, 0.3) is 0 Å². The van der Waals surface area contributed by atoms with Crippen molar-refractivity contribution in [3.63, 3.8) is 0 Å². The van der Waals surface area contributed by atoms with Crippen LogP contribution in [0.4, 0.5) is 5.69 Å². The first-order valence-electron chi connectivity index (χ1n) is 10.8. The molecule has 0 radical (unpaired) electrons. The normalized spacial score (nSPS) is 24.8. The molecule has 0 aliphatic carbocycles. The fourth-order valence-electron chi connectivity index (χ4n) is 5.32. The maximum atomic E-state index is 13.8. The number of imide groups is 1. The van der Waals surface area contributed by atoms with Crippen LogP contribution in [0, 0.1) is 11.8 Å². The quantitative estimate of drug-likeness (QED) is 0.393. The van der Waals surface area contributed by atoms with Crippen LogP contribution >= 0.6 is 23.2 Å². The van der Waals surface area contributed by atoms with Crippen molar-refractivity contribution in [2.75, 3.05) is 4.90 Å². The van der Waals surface area contributed by atoms with Crippen molar-refractivity contribution in [1.29, 1.82) is 0 Å². The summed E-state index contributed by atoms with van der Waals surface area (Å²) >= 11 is 12.2. The summed E-state index contributed by atoms with van der Waals surface area (Å²) in [6.07, 6.45) is 1.68. The van der Waals surface area contributed by atoms with E-state index >= 15 is 0 Å². The number of fused-ring (bicyclic) bond motifs is 5. The van der Waals surface area contributed by atoms with Crippen molar-refractivity contribution in [2.45, 2.75) is 12.1 Å². The molecule has 3 aromatic rings. The highest BCUT2D eigenvalue weighted by molar-refractivity contribution is 6.32. The second kappa shape index (κ2) is 7.79. The number of Topliss-reactive ketones (excluding diaryl/α,β-unsaturated/α-hetero) is 1. The molecule has 168 valence electrons. The van der Waals surface area contributed by atoms with E-state index in [1.165, 1.54) is 4.90 Å². The topological polar surface area (TPSA) is 70.0 Å². The maximum absolute atomic E-state index is 13.8. The van der Waals surface area contributed by atoms with E-state index in [1.54, 1.807) is 59.8 Å². The molecule has 8 heteroatoms. The smallest absolute Gasteiger partial charge is 0.240 e. The van der Waals surface area contributed by atoms with E-state index < -0.39 is 29.8 Å². The second-order valence-corrected chi connectivity index (χ2v) is 9.43. The lowest BCUT2D eigenvalue weighted by Gasteiger charge is -2.33. The van der Waals surface area contributed by atoms with Crippen molar-refractivity contribution < 1.29 is 14.4 Å². The van der Waals surface area contributed by atoms with E-state index in [1.807, 2.05) is 24.3 Å². The Morgan fingerprint density at radius 3 is 2.32 bits per heavy atom. The zero-order valence-corrected chi connectivity index (χ0v) is 19.1. The number of amides is 2. The van der Waals surface area contributed by atoms with Gasteiger partial charge in [-0.1, -0.05) is 53.5 Å². The highest BCUT2D eigenvalue weighted by Crippen LogP contribution is 2.53. The van der Waals surface area contributed by atoms with Gasteiger partial charge in [-0.05, 0) is 53.6 Å². The van der Waals surface area contributed by atoms with E-state index in [-0.39, 0.29) is 11.7 Å². The molecule has 6 rings (SSSR count). The molecule has 4 atom stereocenters. The average molecular weight is 490 g/mol. The summed E-state index contributed by atoms with van der Waals surface area (Å²) in [6.45, 7) is 0. The number of nitrogens with zero attached hydrogens (tertiary/aromatic N) is 3. The number of anilines is 1. The SMILES string of the molecule is O=C(c1ccc(Cl)cc1)C1C2C(=O)N(c3cccc(Cl)c3)C(=O)C2C2c3ccccc3C=NN12. The highest BCUT2D eigenvalue weighted by atomic mass is 35.5. The third-order valence-corrected chi connectivity index (χ3v) is 7.24. The standard InChI is InChI=1S/C26H17Cl2N3O3/c27-16-10-8-14(9-11-16)24(32)23-21-20(22-19-7-2-1-4-15(19)13-29-31(22)23)25(33)30(26(21)34)18-6-3-5-17(28)12-18/h1-13,20-23H. The molecule has 3 aliphatic heterocycles. The van der Waals surface area contributed by atoms with Gasteiger partial charge < -0.3 is 0 Å². The van der Waals surface area contributed by atoms with E-state index in [0.717, 1.165) is 11.1 Å². The molecule has 0 bridgehead atoms. The lowest BCUT2D eigenvalue weighted by Crippen LogP contribution is -2.44. The van der Waals surface area contributed by atoms with Crippen molar-refractivity contribution in [1.82, 2.24) is 5.01 Å². The van der Waals surface area contributed by atoms with Gasteiger partial charge in [-0.3, -0.25) is 19.4 Å². The van der Waals surface area contributed by atoms with Crippen molar-refractivity contribution in [3.8, 4) is 0 Å². The Labute approximate surface area is 205 Å². The van der Waals surface area contributed by atoms with Gasteiger partial charge in [-0.15, -0.1) is 0 Å². The minimum Gasteiger partial charge on any atom is -0.292 e. The minimum atomic E-state index is -0.929. The summed E-state index contributed by atoms with van der Waals surface area (Å²) in [5.41, 5.74) is 2.54. The number of carbonyl (C=O) groups excluding carboxylic acids is 3. The molecule has 2 saturated heterocycles. The van der Waals surface area contributed by atoms with Gasteiger partial charge in [0.15, 0.2) is 5.78 Å². The summed E-state index contributed by atoms with van der Waals surface area (Å²) in [4.78, 5) is 42.5. The van der Waals surface area contributed by atoms with E-state index in [9.17, 15) is 14.4 Å². The zero-order valence-electron chi connectivity index (χ0n) is 17.6. The number of rotatable bonds is 3. The number of ketones is 1. The first-order chi connectivity index (χ1) is 16.5.